The number of allylic oxidation sites excluding steroid dienone is 2. The van der Waals surface area contributed by atoms with Gasteiger partial charge in [0.2, 0.25) is 0 Å². The van der Waals surface area contributed by atoms with Crippen LogP contribution in [-0.4, -0.2) is 53.5 Å². The number of carboxylic acid groups (broad SMARTS) is 2. The molecule has 0 radical (unpaired) electrons. The maximum absolute atomic E-state index is 13.1. The van der Waals surface area contributed by atoms with Gasteiger partial charge in [-0.25, -0.2) is 9.59 Å². The van der Waals surface area contributed by atoms with Crippen LogP contribution in [0.4, 0.5) is 0 Å². The minimum atomic E-state index is -1.30. The highest BCUT2D eigenvalue weighted by molar-refractivity contribution is 6.18. The number of methoxy groups -OCH3 is 2. The van der Waals surface area contributed by atoms with Gasteiger partial charge in [-0.15, -0.1) is 0 Å². The molecule has 1 aliphatic carbocycles. The van der Waals surface area contributed by atoms with Crippen LogP contribution < -0.4 is 4.74 Å². The van der Waals surface area contributed by atoms with E-state index in [1.165, 1.54) is 62.8 Å². The quantitative estimate of drug-likeness (QED) is 0.585. The second kappa shape index (κ2) is 9.22. The Morgan fingerprint density at radius 1 is 0.879 bits per heavy atom. The zero-order valence-corrected chi connectivity index (χ0v) is 18.2. The van der Waals surface area contributed by atoms with E-state index >= 15 is 0 Å². The van der Waals surface area contributed by atoms with E-state index in [-0.39, 0.29) is 45.6 Å². The van der Waals surface area contributed by atoms with E-state index in [1.807, 2.05) is 0 Å². The number of Topliss-reactive ketones (excluding diaryl/α,β-unsaturated/α-hetero) is 1. The molecule has 1 atom stereocenters. The van der Waals surface area contributed by atoms with Gasteiger partial charge in [-0.1, -0.05) is 30.4 Å². The maximum Gasteiger partial charge on any atom is 0.336 e. The first kappa shape index (κ1) is 23.6. The first-order valence-electron chi connectivity index (χ1n) is 9.92. The number of aromatic carboxylic acids is 1. The van der Waals surface area contributed by atoms with Gasteiger partial charge in [-0.05, 0) is 31.2 Å². The van der Waals surface area contributed by atoms with Crippen LogP contribution >= 0.6 is 0 Å². The zero-order chi connectivity index (χ0) is 24.3. The van der Waals surface area contributed by atoms with Crippen LogP contribution in [0.2, 0.25) is 0 Å². The van der Waals surface area contributed by atoms with Crippen molar-refractivity contribution in [2.75, 3.05) is 14.2 Å². The Bertz CT molecular complexity index is 1220. The van der Waals surface area contributed by atoms with Crippen molar-refractivity contribution in [3.63, 3.8) is 0 Å². The van der Waals surface area contributed by atoms with E-state index in [0.717, 1.165) is 0 Å². The molecule has 1 aliphatic rings. The molecule has 2 N–H and O–H groups in total. The fraction of sp³-hybridized carbons (Fsp3) is 0.200. The number of rotatable bonds is 8. The Morgan fingerprint density at radius 3 is 2.12 bits per heavy atom. The Morgan fingerprint density at radius 2 is 1.55 bits per heavy atom. The zero-order valence-electron chi connectivity index (χ0n) is 18.2. The van der Waals surface area contributed by atoms with E-state index in [4.69, 9.17) is 9.47 Å². The number of carbonyl (C=O) groups excluding carboxylic acids is 2. The Hall–Kier alpha value is -4.04. The van der Waals surface area contributed by atoms with E-state index in [2.05, 4.69) is 0 Å². The van der Waals surface area contributed by atoms with E-state index in [0.29, 0.717) is 0 Å². The number of ketones is 2. The second-order valence-corrected chi connectivity index (χ2v) is 7.68. The third kappa shape index (κ3) is 4.75. The minimum absolute atomic E-state index is 0.00250. The summed E-state index contributed by atoms with van der Waals surface area (Å²) >= 11 is 0. The Kier molecular flexibility index (Phi) is 6.60. The van der Waals surface area contributed by atoms with Crippen LogP contribution in [0.1, 0.15) is 50.0 Å². The minimum Gasteiger partial charge on any atom is -0.497 e. The van der Waals surface area contributed by atoms with Crippen LogP contribution in [0, 0.1) is 0 Å². The second-order valence-electron chi connectivity index (χ2n) is 7.68. The van der Waals surface area contributed by atoms with Gasteiger partial charge < -0.3 is 19.7 Å². The summed E-state index contributed by atoms with van der Waals surface area (Å²) in [6.07, 6.45) is 3.04. The third-order valence-corrected chi connectivity index (χ3v) is 5.51. The lowest BCUT2D eigenvalue weighted by Gasteiger charge is -2.28. The van der Waals surface area contributed by atoms with Gasteiger partial charge in [0, 0.05) is 35.8 Å². The lowest BCUT2D eigenvalue weighted by Crippen LogP contribution is -2.31. The first-order chi connectivity index (χ1) is 15.6. The van der Waals surface area contributed by atoms with Crippen LogP contribution in [0.25, 0.3) is 0 Å². The molecule has 33 heavy (non-hydrogen) atoms. The molecule has 170 valence electrons. The van der Waals surface area contributed by atoms with Crippen molar-refractivity contribution >= 4 is 23.5 Å². The SMILES string of the molecule is COc1ccc(C(=O)c2cccc(C(=O)C3=C(C(=O)O)CC(C)(OC)C=C3)c2)c(C(=O)O)c1. The summed E-state index contributed by atoms with van der Waals surface area (Å²) in [7, 11) is 2.84. The third-order valence-electron chi connectivity index (χ3n) is 5.51. The first-order valence-corrected chi connectivity index (χ1v) is 9.92. The van der Waals surface area contributed by atoms with Crippen LogP contribution in [0.3, 0.4) is 0 Å². The van der Waals surface area contributed by atoms with E-state index in [9.17, 15) is 29.4 Å². The average Bonchev–Trinajstić information content (AvgIpc) is 2.82. The molecule has 8 heteroatoms. The molecule has 0 aliphatic heterocycles. The van der Waals surface area contributed by atoms with Crippen molar-refractivity contribution in [2.45, 2.75) is 18.9 Å². The molecule has 0 amide bonds. The van der Waals surface area contributed by atoms with Gasteiger partial charge >= 0.3 is 11.9 Å². The smallest absolute Gasteiger partial charge is 0.336 e. The highest BCUT2D eigenvalue weighted by Crippen LogP contribution is 2.31. The molecule has 0 fully saturated rings. The topological polar surface area (TPSA) is 127 Å². The summed E-state index contributed by atoms with van der Waals surface area (Å²) in [6, 6.07) is 9.80. The van der Waals surface area contributed by atoms with Crippen molar-refractivity contribution in [1.29, 1.82) is 0 Å². The van der Waals surface area contributed by atoms with Gasteiger partial charge in [0.15, 0.2) is 11.6 Å². The number of hydrogen-bond acceptors (Lipinski definition) is 6. The summed E-state index contributed by atoms with van der Waals surface area (Å²) in [6.45, 7) is 1.71. The molecule has 8 nitrogen and oxygen atoms in total. The maximum atomic E-state index is 13.1. The lowest BCUT2D eigenvalue weighted by molar-refractivity contribution is -0.133. The van der Waals surface area contributed by atoms with Crippen LogP contribution in [-0.2, 0) is 9.53 Å². The van der Waals surface area contributed by atoms with Gasteiger partial charge in [0.1, 0.15) is 5.75 Å². The van der Waals surface area contributed by atoms with Crippen molar-refractivity contribution in [1.82, 2.24) is 0 Å². The summed E-state index contributed by atoms with van der Waals surface area (Å²) < 4.78 is 10.4. The highest BCUT2D eigenvalue weighted by atomic mass is 16.5. The molecule has 2 aromatic carbocycles. The largest absolute Gasteiger partial charge is 0.497 e. The van der Waals surface area contributed by atoms with E-state index < -0.39 is 29.1 Å². The monoisotopic (exact) mass is 450 g/mol. The molecule has 2 aromatic rings. The predicted octanol–water partition coefficient (Wildman–Crippen LogP) is 3.55. The summed E-state index contributed by atoms with van der Waals surface area (Å²) in [5.41, 5.74) is -1.05. The number of aliphatic carboxylic acids is 1. The standard InChI is InChI=1S/C25H22O8/c1-25(33-3)10-9-18(20(13-25)24(30)31)22(27)15-6-4-5-14(11-15)21(26)17-8-7-16(32-2)12-19(17)23(28)29/h4-12H,13H2,1-3H3,(H,28,29)(H,30,31). The number of hydrogen-bond donors (Lipinski definition) is 2. The van der Waals surface area contributed by atoms with E-state index in [1.54, 1.807) is 13.0 Å². The summed E-state index contributed by atoms with van der Waals surface area (Å²) in [4.78, 5) is 49.7. The molecule has 1 unspecified atom stereocenters. The van der Waals surface area contributed by atoms with Crippen molar-refractivity contribution < 1.29 is 38.9 Å². The Labute approximate surface area is 189 Å². The van der Waals surface area contributed by atoms with Crippen molar-refractivity contribution in [3.05, 3.63) is 88.0 Å². The average molecular weight is 450 g/mol. The molecular formula is C25H22O8. The van der Waals surface area contributed by atoms with Gasteiger partial charge in [0.05, 0.1) is 23.8 Å². The molecule has 0 saturated carbocycles. The fourth-order valence-electron chi connectivity index (χ4n) is 3.55. The molecule has 0 aromatic heterocycles. The molecule has 3 rings (SSSR count). The molecule has 0 bridgehead atoms. The molecule has 0 spiro atoms. The van der Waals surface area contributed by atoms with Crippen molar-refractivity contribution in [3.8, 4) is 5.75 Å². The fourth-order valence-corrected chi connectivity index (χ4v) is 3.55. The van der Waals surface area contributed by atoms with Gasteiger partial charge in [-0.3, -0.25) is 9.59 Å². The molecule has 0 saturated heterocycles. The highest BCUT2D eigenvalue weighted by Gasteiger charge is 2.33. The normalized spacial score (nSPS) is 17.5. The van der Waals surface area contributed by atoms with Crippen molar-refractivity contribution in [2.24, 2.45) is 0 Å². The number of carboxylic acids is 2. The molecule has 0 heterocycles. The number of carbonyl (C=O) groups is 4. The Balaban J connectivity index is 2.01. The summed E-state index contributed by atoms with van der Waals surface area (Å²) in [5, 5.41) is 19.1. The lowest BCUT2D eigenvalue weighted by atomic mass is 9.84. The predicted molar refractivity (Wildman–Crippen MR) is 118 cm³/mol. The van der Waals surface area contributed by atoms with Crippen LogP contribution in [0.5, 0.6) is 5.75 Å². The number of benzene rings is 2. The van der Waals surface area contributed by atoms with Crippen LogP contribution in [0.15, 0.2) is 65.8 Å². The van der Waals surface area contributed by atoms with Gasteiger partial charge in [0.25, 0.3) is 0 Å². The molecular weight excluding hydrogens is 428 g/mol. The summed E-state index contributed by atoms with van der Waals surface area (Å²) in [5.74, 6) is -3.40. The number of ether oxygens (including phenoxy) is 2. The van der Waals surface area contributed by atoms with Gasteiger partial charge in [-0.2, -0.15) is 0 Å².